The van der Waals surface area contributed by atoms with Crippen LogP contribution in [-0.4, -0.2) is 5.91 Å². The second-order valence-corrected chi connectivity index (χ2v) is 6.32. The fourth-order valence-corrected chi connectivity index (χ4v) is 3.45. The number of thiophene rings is 1. The molecule has 1 fully saturated rings. The van der Waals surface area contributed by atoms with Crippen LogP contribution >= 0.6 is 11.3 Å². The Morgan fingerprint density at radius 2 is 2.15 bits per heavy atom. The Morgan fingerprint density at radius 3 is 2.90 bits per heavy atom. The molecule has 0 unspecified atom stereocenters. The second kappa shape index (κ2) is 6.27. The lowest BCUT2D eigenvalue weighted by molar-refractivity contribution is -0.122. The van der Waals surface area contributed by atoms with Gasteiger partial charge in [-0.25, -0.2) is 0 Å². The molecule has 4 heteroatoms. The van der Waals surface area contributed by atoms with Crippen LogP contribution < -0.4 is 5.32 Å². The van der Waals surface area contributed by atoms with E-state index in [9.17, 15) is 4.79 Å². The van der Waals surface area contributed by atoms with Crippen LogP contribution in [0.15, 0.2) is 34.1 Å². The van der Waals surface area contributed by atoms with Crippen LogP contribution in [0, 0.1) is 5.92 Å². The fraction of sp³-hybridized carbons (Fsp3) is 0.438. The maximum atomic E-state index is 11.9. The van der Waals surface area contributed by atoms with Gasteiger partial charge >= 0.3 is 0 Å². The van der Waals surface area contributed by atoms with Gasteiger partial charge < -0.3 is 9.73 Å². The fourth-order valence-electron chi connectivity index (χ4n) is 2.76. The first-order valence-corrected chi connectivity index (χ1v) is 8.08. The van der Waals surface area contributed by atoms with Crippen molar-refractivity contribution in [3.63, 3.8) is 0 Å². The number of hydrogen-bond acceptors (Lipinski definition) is 3. The van der Waals surface area contributed by atoms with E-state index >= 15 is 0 Å². The molecule has 1 saturated carbocycles. The SMILES string of the molecule is O=C(CC1CCCC1)NCc1ccc(-c2cccs2)o1. The van der Waals surface area contributed by atoms with Crippen molar-refractivity contribution in [2.45, 2.75) is 38.6 Å². The van der Waals surface area contributed by atoms with E-state index in [-0.39, 0.29) is 5.91 Å². The van der Waals surface area contributed by atoms with Crippen molar-refractivity contribution in [3.8, 4) is 10.6 Å². The lowest BCUT2D eigenvalue weighted by Gasteiger charge is -2.08. The summed E-state index contributed by atoms with van der Waals surface area (Å²) in [6.45, 7) is 0.483. The highest BCUT2D eigenvalue weighted by Crippen LogP contribution is 2.28. The van der Waals surface area contributed by atoms with Crippen molar-refractivity contribution < 1.29 is 9.21 Å². The smallest absolute Gasteiger partial charge is 0.220 e. The minimum atomic E-state index is 0.144. The highest BCUT2D eigenvalue weighted by atomic mass is 32.1. The molecule has 1 N–H and O–H groups in total. The number of carbonyl (C=O) groups is 1. The van der Waals surface area contributed by atoms with Crippen LogP contribution in [0.5, 0.6) is 0 Å². The van der Waals surface area contributed by atoms with Crippen LogP contribution in [0.25, 0.3) is 10.6 Å². The number of hydrogen-bond donors (Lipinski definition) is 1. The summed E-state index contributed by atoms with van der Waals surface area (Å²) >= 11 is 1.65. The zero-order valence-electron chi connectivity index (χ0n) is 11.4. The van der Waals surface area contributed by atoms with E-state index < -0.39 is 0 Å². The Bertz CT molecular complexity index is 553. The average molecular weight is 289 g/mol. The molecule has 2 aromatic rings. The molecule has 1 aliphatic rings. The molecule has 0 saturated heterocycles. The van der Waals surface area contributed by atoms with E-state index in [2.05, 4.69) is 5.32 Å². The first kappa shape index (κ1) is 13.4. The monoisotopic (exact) mass is 289 g/mol. The van der Waals surface area contributed by atoms with Gasteiger partial charge in [0, 0.05) is 6.42 Å². The first-order chi connectivity index (χ1) is 9.81. The molecule has 1 aliphatic carbocycles. The molecule has 0 radical (unpaired) electrons. The maximum absolute atomic E-state index is 11.9. The molecule has 3 nitrogen and oxygen atoms in total. The summed E-state index contributed by atoms with van der Waals surface area (Å²) in [6, 6.07) is 7.94. The Morgan fingerprint density at radius 1 is 1.30 bits per heavy atom. The minimum Gasteiger partial charge on any atom is -0.458 e. The van der Waals surface area contributed by atoms with Crippen LogP contribution in [0.2, 0.25) is 0 Å². The quantitative estimate of drug-likeness (QED) is 0.896. The largest absolute Gasteiger partial charge is 0.458 e. The van der Waals surface area contributed by atoms with Crippen LogP contribution in [0.3, 0.4) is 0 Å². The van der Waals surface area contributed by atoms with Crippen molar-refractivity contribution in [2.24, 2.45) is 5.92 Å². The molecule has 0 aromatic carbocycles. The van der Waals surface area contributed by atoms with Gasteiger partial charge in [0.15, 0.2) is 0 Å². The maximum Gasteiger partial charge on any atom is 0.220 e. The summed E-state index contributed by atoms with van der Waals surface area (Å²) in [4.78, 5) is 13.0. The summed E-state index contributed by atoms with van der Waals surface area (Å²) in [5, 5.41) is 4.98. The number of carbonyl (C=O) groups excluding carboxylic acids is 1. The molecule has 2 aromatic heterocycles. The molecule has 20 heavy (non-hydrogen) atoms. The number of amides is 1. The van der Waals surface area contributed by atoms with Gasteiger partial charge in [-0.3, -0.25) is 4.79 Å². The van der Waals surface area contributed by atoms with Gasteiger partial charge in [0.1, 0.15) is 11.5 Å². The third kappa shape index (κ3) is 3.31. The Labute approximate surface area is 123 Å². The molecule has 0 spiro atoms. The predicted octanol–water partition coefficient (Wildman–Crippen LogP) is 4.20. The van der Waals surface area contributed by atoms with Crippen LogP contribution in [-0.2, 0) is 11.3 Å². The number of furan rings is 1. The Balaban J connectivity index is 1.49. The minimum absolute atomic E-state index is 0.144. The average Bonchev–Trinajstić information content (AvgIpc) is 3.18. The highest BCUT2D eigenvalue weighted by Gasteiger charge is 2.18. The Hall–Kier alpha value is -1.55. The predicted molar refractivity (Wildman–Crippen MR) is 80.4 cm³/mol. The van der Waals surface area contributed by atoms with Crippen molar-refractivity contribution in [1.82, 2.24) is 5.32 Å². The van der Waals surface area contributed by atoms with E-state index in [1.54, 1.807) is 11.3 Å². The van der Waals surface area contributed by atoms with Gasteiger partial charge in [-0.1, -0.05) is 18.9 Å². The third-order valence-electron chi connectivity index (χ3n) is 3.83. The van der Waals surface area contributed by atoms with Crippen molar-refractivity contribution in [1.29, 1.82) is 0 Å². The normalized spacial score (nSPS) is 15.6. The first-order valence-electron chi connectivity index (χ1n) is 7.20. The van der Waals surface area contributed by atoms with Gasteiger partial charge in [-0.2, -0.15) is 0 Å². The molecular formula is C16H19NO2S. The number of rotatable bonds is 5. The molecule has 0 aliphatic heterocycles. The Kier molecular flexibility index (Phi) is 4.21. The zero-order chi connectivity index (χ0) is 13.8. The molecule has 106 valence electrons. The van der Waals surface area contributed by atoms with E-state index in [0.29, 0.717) is 18.9 Å². The summed E-state index contributed by atoms with van der Waals surface area (Å²) in [5.74, 6) is 2.42. The van der Waals surface area contributed by atoms with Gasteiger partial charge in [0.05, 0.1) is 11.4 Å². The van der Waals surface area contributed by atoms with Gasteiger partial charge in [0.2, 0.25) is 5.91 Å². The summed E-state index contributed by atoms with van der Waals surface area (Å²) < 4.78 is 5.74. The molecule has 0 atom stereocenters. The van der Waals surface area contributed by atoms with E-state index in [1.807, 2.05) is 29.6 Å². The van der Waals surface area contributed by atoms with E-state index in [4.69, 9.17) is 4.42 Å². The highest BCUT2D eigenvalue weighted by molar-refractivity contribution is 7.13. The second-order valence-electron chi connectivity index (χ2n) is 5.37. The van der Waals surface area contributed by atoms with Crippen molar-refractivity contribution >= 4 is 17.2 Å². The summed E-state index contributed by atoms with van der Waals surface area (Å²) in [6.07, 6.45) is 5.63. The third-order valence-corrected chi connectivity index (χ3v) is 4.72. The lowest BCUT2D eigenvalue weighted by atomic mass is 10.0. The summed E-state index contributed by atoms with van der Waals surface area (Å²) in [7, 11) is 0. The molecule has 1 amide bonds. The van der Waals surface area contributed by atoms with Crippen molar-refractivity contribution in [3.05, 3.63) is 35.4 Å². The molecule has 0 bridgehead atoms. The van der Waals surface area contributed by atoms with E-state index in [0.717, 1.165) is 16.4 Å². The zero-order valence-corrected chi connectivity index (χ0v) is 12.2. The van der Waals surface area contributed by atoms with Gasteiger partial charge in [-0.05, 0) is 42.3 Å². The molecular weight excluding hydrogens is 270 g/mol. The summed E-state index contributed by atoms with van der Waals surface area (Å²) in [5.41, 5.74) is 0. The van der Waals surface area contributed by atoms with Crippen LogP contribution in [0.1, 0.15) is 37.9 Å². The molecule has 3 rings (SSSR count). The lowest BCUT2D eigenvalue weighted by Crippen LogP contribution is -2.24. The van der Waals surface area contributed by atoms with Gasteiger partial charge in [-0.15, -0.1) is 11.3 Å². The molecule has 2 heterocycles. The van der Waals surface area contributed by atoms with E-state index in [1.165, 1.54) is 25.7 Å². The van der Waals surface area contributed by atoms with Crippen molar-refractivity contribution in [2.75, 3.05) is 0 Å². The van der Waals surface area contributed by atoms with Crippen LogP contribution in [0.4, 0.5) is 0 Å². The van der Waals surface area contributed by atoms with Gasteiger partial charge in [0.25, 0.3) is 0 Å². The standard InChI is InChI=1S/C16H19NO2S/c18-16(10-12-4-1-2-5-12)17-11-13-7-8-14(19-13)15-6-3-9-20-15/h3,6-9,12H,1-2,4-5,10-11H2,(H,17,18). The number of nitrogens with one attached hydrogen (secondary N) is 1. The topological polar surface area (TPSA) is 42.2 Å².